The summed E-state index contributed by atoms with van der Waals surface area (Å²) in [7, 11) is 3.49. The average Bonchev–Trinajstić information content (AvgIpc) is 3.23. The number of aromatic nitrogens is 2. The molecule has 142 valence electrons. The lowest BCUT2D eigenvalue weighted by Crippen LogP contribution is -2.46. The minimum atomic E-state index is -0.303. The highest BCUT2D eigenvalue weighted by Gasteiger charge is 2.39. The minimum absolute atomic E-state index is 0.0244. The monoisotopic (exact) mass is 368 g/mol. The lowest BCUT2D eigenvalue weighted by Gasteiger charge is -2.37. The second kappa shape index (κ2) is 7.06. The molecule has 1 saturated heterocycles. The van der Waals surface area contributed by atoms with Gasteiger partial charge in [-0.2, -0.15) is 5.10 Å². The molecule has 27 heavy (non-hydrogen) atoms. The molecule has 2 heterocycles. The molecule has 7 nitrogen and oxygen atoms in total. The SMILES string of the molecule is COc1ccccc1C1CC(NC(=O)C2CC(=O)N(c3cnn(C)c3)C2)C1. The van der Waals surface area contributed by atoms with Crippen LogP contribution in [0.2, 0.25) is 0 Å². The van der Waals surface area contributed by atoms with Crippen molar-refractivity contribution >= 4 is 17.5 Å². The van der Waals surface area contributed by atoms with Crippen molar-refractivity contribution in [3.63, 3.8) is 0 Å². The zero-order valence-corrected chi connectivity index (χ0v) is 15.6. The molecular weight excluding hydrogens is 344 g/mol. The topological polar surface area (TPSA) is 76.5 Å². The van der Waals surface area contributed by atoms with Gasteiger partial charge in [0.2, 0.25) is 11.8 Å². The zero-order valence-electron chi connectivity index (χ0n) is 15.6. The van der Waals surface area contributed by atoms with E-state index in [1.165, 1.54) is 5.56 Å². The number of ether oxygens (including phenoxy) is 1. The van der Waals surface area contributed by atoms with E-state index in [1.54, 1.807) is 29.1 Å². The molecule has 1 aliphatic carbocycles. The van der Waals surface area contributed by atoms with Gasteiger partial charge in [-0.1, -0.05) is 18.2 Å². The molecule has 1 atom stereocenters. The van der Waals surface area contributed by atoms with Crippen molar-refractivity contribution in [3.8, 4) is 5.75 Å². The van der Waals surface area contributed by atoms with Crippen molar-refractivity contribution < 1.29 is 14.3 Å². The van der Waals surface area contributed by atoms with Gasteiger partial charge in [-0.15, -0.1) is 0 Å². The molecule has 7 heteroatoms. The van der Waals surface area contributed by atoms with Crippen LogP contribution in [0.1, 0.15) is 30.7 Å². The Morgan fingerprint density at radius 2 is 2.07 bits per heavy atom. The van der Waals surface area contributed by atoms with Crippen molar-refractivity contribution in [2.45, 2.75) is 31.2 Å². The summed E-state index contributed by atoms with van der Waals surface area (Å²) in [5.41, 5.74) is 1.95. The summed E-state index contributed by atoms with van der Waals surface area (Å²) < 4.78 is 7.09. The van der Waals surface area contributed by atoms with E-state index in [4.69, 9.17) is 4.74 Å². The van der Waals surface area contributed by atoms with E-state index < -0.39 is 0 Å². The number of anilines is 1. The fraction of sp³-hybridized carbons (Fsp3) is 0.450. The number of nitrogens with zero attached hydrogens (tertiary/aromatic N) is 3. The molecule has 2 fully saturated rings. The first-order valence-electron chi connectivity index (χ1n) is 9.27. The first kappa shape index (κ1) is 17.6. The summed E-state index contributed by atoms with van der Waals surface area (Å²) in [6.07, 6.45) is 5.51. The predicted molar refractivity (Wildman–Crippen MR) is 101 cm³/mol. The molecule has 2 aromatic rings. The highest BCUT2D eigenvalue weighted by molar-refractivity contribution is 6.00. The largest absolute Gasteiger partial charge is 0.496 e. The number of nitrogens with one attached hydrogen (secondary N) is 1. The molecule has 0 bridgehead atoms. The summed E-state index contributed by atoms with van der Waals surface area (Å²) >= 11 is 0. The Bertz CT molecular complexity index is 856. The normalized spacial score (nSPS) is 24.6. The summed E-state index contributed by atoms with van der Waals surface area (Å²) in [5.74, 6) is 0.953. The molecule has 1 unspecified atom stereocenters. The van der Waals surface area contributed by atoms with E-state index in [0.29, 0.717) is 12.5 Å². The molecule has 0 spiro atoms. The van der Waals surface area contributed by atoms with Gasteiger partial charge in [0.05, 0.1) is 24.9 Å². The van der Waals surface area contributed by atoms with Crippen LogP contribution in [0.5, 0.6) is 5.75 Å². The molecule has 1 saturated carbocycles. The highest BCUT2D eigenvalue weighted by Crippen LogP contribution is 2.41. The van der Waals surface area contributed by atoms with Gasteiger partial charge >= 0.3 is 0 Å². The van der Waals surface area contributed by atoms with Crippen LogP contribution in [-0.4, -0.2) is 41.3 Å². The van der Waals surface area contributed by atoms with Gasteiger partial charge in [0.25, 0.3) is 0 Å². The maximum Gasteiger partial charge on any atom is 0.227 e. The van der Waals surface area contributed by atoms with Crippen LogP contribution in [-0.2, 0) is 16.6 Å². The molecule has 1 aliphatic heterocycles. The Kier molecular flexibility index (Phi) is 4.59. The van der Waals surface area contributed by atoms with Gasteiger partial charge in [0.1, 0.15) is 5.75 Å². The molecule has 1 N–H and O–H groups in total. The molecular formula is C20H24N4O3. The number of aryl methyl sites for hydroxylation is 1. The number of benzene rings is 1. The first-order valence-corrected chi connectivity index (χ1v) is 9.27. The smallest absolute Gasteiger partial charge is 0.227 e. The van der Waals surface area contributed by atoms with E-state index in [-0.39, 0.29) is 30.2 Å². The number of para-hydroxylation sites is 1. The van der Waals surface area contributed by atoms with Crippen LogP contribution in [0, 0.1) is 5.92 Å². The summed E-state index contributed by atoms with van der Waals surface area (Å²) in [6, 6.07) is 8.20. The number of carbonyl (C=O) groups is 2. The van der Waals surface area contributed by atoms with Gasteiger partial charge < -0.3 is 15.0 Å². The van der Waals surface area contributed by atoms with Gasteiger partial charge in [0.15, 0.2) is 0 Å². The zero-order chi connectivity index (χ0) is 19.0. The maximum atomic E-state index is 12.6. The van der Waals surface area contributed by atoms with Crippen LogP contribution < -0.4 is 15.0 Å². The molecule has 2 aliphatic rings. The van der Waals surface area contributed by atoms with Gasteiger partial charge in [-0.05, 0) is 30.4 Å². The Hall–Kier alpha value is -2.83. The number of methoxy groups -OCH3 is 1. The van der Waals surface area contributed by atoms with E-state index in [1.807, 2.05) is 25.2 Å². The fourth-order valence-electron chi connectivity index (χ4n) is 3.99. The lowest BCUT2D eigenvalue weighted by molar-refractivity contribution is -0.127. The number of hydrogen-bond donors (Lipinski definition) is 1. The Morgan fingerprint density at radius 1 is 1.30 bits per heavy atom. The van der Waals surface area contributed by atoms with Crippen molar-refractivity contribution in [1.29, 1.82) is 0 Å². The van der Waals surface area contributed by atoms with E-state index in [2.05, 4.69) is 16.5 Å². The Labute approximate surface area is 158 Å². The van der Waals surface area contributed by atoms with Crippen molar-refractivity contribution in [2.75, 3.05) is 18.6 Å². The van der Waals surface area contributed by atoms with E-state index >= 15 is 0 Å². The third-order valence-electron chi connectivity index (χ3n) is 5.56. The minimum Gasteiger partial charge on any atom is -0.496 e. The maximum absolute atomic E-state index is 12.6. The Morgan fingerprint density at radius 3 is 2.78 bits per heavy atom. The van der Waals surface area contributed by atoms with Crippen molar-refractivity contribution in [2.24, 2.45) is 13.0 Å². The second-order valence-electron chi connectivity index (χ2n) is 7.39. The van der Waals surface area contributed by atoms with Crippen LogP contribution in [0.4, 0.5) is 5.69 Å². The molecule has 1 aromatic carbocycles. The lowest BCUT2D eigenvalue weighted by atomic mass is 9.75. The average molecular weight is 368 g/mol. The fourth-order valence-corrected chi connectivity index (χ4v) is 3.99. The number of amides is 2. The van der Waals surface area contributed by atoms with Crippen LogP contribution in [0.25, 0.3) is 0 Å². The number of rotatable bonds is 5. The predicted octanol–water partition coefficient (Wildman–Crippen LogP) is 1.84. The van der Waals surface area contributed by atoms with Crippen LogP contribution >= 0.6 is 0 Å². The quantitative estimate of drug-likeness (QED) is 0.874. The summed E-state index contributed by atoms with van der Waals surface area (Å²) in [4.78, 5) is 26.5. The first-order chi connectivity index (χ1) is 13.0. The molecule has 1 aromatic heterocycles. The molecule has 2 amide bonds. The van der Waals surface area contributed by atoms with Crippen molar-refractivity contribution in [3.05, 3.63) is 42.2 Å². The van der Waals surface area contributed by atoms with Crippen LogP contribution in [0.15, 0.2) is 36.7 Å². The third-order valence-corrected chi connectivity index (χ3v) is 5.56. The van der Waals surface area contributed by atoms with Crippen LogP contribution in [0.3, 0.4) is 0 Å². The number of hydrogen-bond acceptors (Lipinski definition) is 4. The second-order valence-corrected chi connectivity index (χ2v) is 7.39. The molecule has 4 rings (SSSR count). The number of carbonyl (C=O) groups excluding carboxylic acids is 2. The highest BCUT2D eigenvalue weighted by atomic mass is 16.5. The Balaban J connectivity index is 1.31. The standard InChI is InChI=1S/C20H24N4O3/c1-23-12-16(10-21-23)24-11-14(9-19(24)25)20(26)22-15-7-13(8-15)17-5-3-4-6-18(17)27-2/h3-6,10,12-15H,7-9,11H2,1-2H3,(H,22,26). The van der Waals surface area contributed by atoms with E-state index in [9.17, 15) is 9.59 Å². The van der Waals surface area contributed by atoms with Gasteiger partial charge in [0, 0.05) is 32.3 Å². The van der Waals surface area contributed by atoms with Gasteiger partial charge in [-0.3, -0.25) is 14.3 Å². The summed E-state index contributed by atoms with van der Waals surface area (Å²) in [5, 5.41) is 7.21. The van der Waals surface area contributed by atoms with E-state index in [0.717, 1.165) is 24.3 Å². The molecule has 0 radical (unpaired) electrons. The van der Waals surface area contributed by atoms with Crippen molar-refractivity contribution in [1.82, 2.24) is 15.1 Å². The van der Waals surface area contributed by atoms with Gasteiger partial charge in [-0.25, -0.2) is 0 Å². The summed E-state index contributed by atoms with van der Waals surface area (Å²) in [6.45, 7) is 0.416. The third kappa shape index (κ3) is 3.41.